The molecule has 0 unspecified atom stereocenters. The number of aryl methyl sites for hydroxylation is 2. The van der Waals surface area contributed by atoms with Crippen LogP contribution in [-0.4, -0.2) is 62.6 Å². The van der Waals surface area contributed by atoms with Gasteiger partial charge in [0.2, 0.25) is 0 Å². The fraction of sp³-hybridized carbons (Fsp3) is 0.385. The Kier molecular flexibility index (Phi) is 5.80. The number of ether oxygens (including phenoxy) is 1. The van der Waals surface area contributed by atoms with Gasteiger partial charge in [-0.1, -0.05) is 6.92 Å². The van der Waals surface area contributed by atoms with Crippen LogP contribution in [0.4, 0.5) is 11.4 Å². The maximum atomic E-state index is 5.55. The van der Waals surface area contributed by atoms with E-state index in [0.29, 0.717) is 6.54 Å². The number of nitrogens with zero attached hydrogens (tertiary/aromatic N) is 6. The number of morpholine rings is 1. The van der Waals surface area contributed by atoms with Crippen LogP contribution in [0.3, 0.4) is 0 Å². The average molecular weight is 486 g/mol. The highest BCUT2D eigenvalue weighted by Gasteiger charge is 2.28. The Balaban J connectivity index is 1.44. The summed E-state index contributed by atoms with van der Waals surface area (Å²) in [5.41, 5.74) is 8.29. The Hall–Kier alpha value is -3.92. The van der Waals surface area contributed by atoms with Crippen molar-refractivity contribution < 1.29 is 4.74 Å². The van der Waals surface area contributed by atoms with Crippen LogP contribution in [0.2, 0.25) is 0 Å². The molecule has 0 spiro atoms. The van der Waals surface area contributed by atoms with Crippen molar-refractivity contribution in [3.63, 3.8) is 0 Å². The van der Waals surface area contributed by atoms with Crippen LogP contribution in [-0.2, 0) is 11.8 Å². The number of anilines is 2. The molecule has 3 N–H and O–H groups in total. The molecule has 1 fully saturated rings. The van der Waals surface area contributed by atoms with Gasteiger partial charge in [-0.25, -0.2) is 15.0 Å². The topological polar surface area (TPSA) is 109 Å². The van der Waals surface area contributed by atoms with Gasteiger partial charge >= 0.3 is 0 Å². The van der Waals surface area contributed by atoms with Gasteiger partial charge in [0.25, 0.3) is 0 Å². The molecule has 5 heterocycles. The summed E-state index contributed by atoms with van der Waals surface area (Å²) in [7, 11) is 1.94. The summed E-state index contributed by atoms with van der Waals surface area (Å²) < 4.78 is 7.38. The van der Waals surface area contributed by atoms with Gasteiger partial charge in [0.15, 0.2) is 0 Å². The number of aromatic nitrogens is 6. The third-order valence-electron chi connectivity index (χ3n) is 6.88. The fourth-order valence-corrected chi connectivity index (χ4v) is 5.03. The lowest BCUT2D eigenvalue weighted by molar-refractivity contribution is 0.122. The van der Waals surface area contributed by atoms with Crippen LogP contribution < -0.4 is 15.5 Å². The SMILES string of the molecule is CC[C@H](NC1=C(c2nc3cc(N4CCOCC4)c(C)cc3[nH]2)CNc2cn(C)nc21)c1ncccn1. The number of fused-ring (bicyclic) bond motifs is 2. The molecule has 2 aliphatic rings. The van der Waals surface area contributed by atoms with E-state index in [9.17, 15) is 0 Å². The minimum atomic E-state index is -0.0521. The third-order valence-corrected chi connectivity index (χ3v) is 6.88. The Labute approximate surface area is 209 Å². The number of aromatic amines is 1. The van der Waals surface area contributed by atoms with Crippen molar-refractivity contribution in [1.29, 1.82) is 0 Å². The van der Waals surface area contributed by atoms with E-state index >= 15 is 0 Å². The van der Waals surface area contributed by atoms with E-state index in [4.69, 9.17) is 14.8 Å². The standard InChI is InChI=1S/C26H31N9O/c1-4-18(26-27-6-5-7-28-26)30-23-17(14-29-21-15-34(3)33-24(21)23)25-31-19-12-16(2)22(13-20(19)32-25)35-8-10-36-11-9-35/h5-7,12-13,15,18,29-30H,4,8-11,14H2,1-3H3,(H,31,32)/t18-/m0/s1. The van der Waals surface area contributed by atoms with E-state index in [2.05, 4.69) is 56.5 Å². The largest absolute Gasteiger partial charge is 0.378 e. The minimum absolute atomic E-state index is 0.0521. The summed E-state index contributed by atoms with van der Waals surface area (Å²) in [5.74, 6) is 1.59. The van der Waals surface area contributed by atoms with Gasteiger partial charge in [-0.05, 0) is 37.1 Å². The molecule has 6 rings (SSSR count). The first kappa shape index (κ1) is 22.5. The molecule has 0 bridgehead atoms. The Morgan fingerprint density at radius 2 is 1.97 bits per heavy atom. The first-order valence-electron chi connectivity index (χ1n) is 12.5. The predicted octanol–water partition coefficient (Wildman–Crippen LogP) is 3.27. The van der Waals surface area contributed by atoms with Crippen molar-refractivity contribution in [3.05, 3.63) is 59.7 Å². The Bertz CT molecular complexity index is 1420. The molecule has 0 radical (unpaired) electrons. The van der Waals surface area contributed by atoms with Crippen LogP contribution in [0, 0.1) is 6.92 Å². The van der Waals surface area contributed by atoms with E-state index in [0.717, 1.165) is 78.1 Å². The second-order valence-electron chi connectivity index (χ2n) is 9.32. The lowest BCUT2D eigenvalue weighted by atomic mass is 10.0. The first-order valence-corrected chi connectivity index (χ1v) is 12.5. The highest BCUT2D eigenvalue weighted by molar-refractivity contribution is 5.97. The van der Waals surface area contributed by atoms with Crippen molar-refractivity contribution in [2.45, 2.75) is 26.3 Å². The normalized spacial score (nSPS) is 16.7. The molecule has 0 amide bonds. The molecule has 0 aliphatic carbocycles. The summed E-state index contributed by atoms with van der Waals surface area (Å²) in [6.45, 7) is 8.23. The van der Waals surface area contributed by atoms with Crippen LogP contribution in [0.5, 0.6) is 0 Å². The van der Waals surface area contributed by atoms with Gasteiger partial charge in [-0.2, -0.15) is 5.10 Å². The lowest BCUT2D eigenvalue weighted by Gasteiger charge is -2.30. The van der Waals surface area contributed by atoms with Crippen molar-refractivity contribution in [1.82, 2.24) is 35.0 Å². The van der Waals surface area contributed by atoms with E-state index in [1.165, 1.54) is 11.3 Å². The maximum absolute atomic E-state index is 5.55. The molecule has 10 nitrogen and oxygen atoms in total. The van der Waals surface area contributed by atoms with Crippen molar-refractivity contribution in [2.24, 2.45) is 7.05 Å². The lowest BCUT2D eigenvalue weighted by Crippen LogP contribution is -2.36. The van der Waals surface area contributed by atoms with Crippen LogP contribution >= 0.6 is 0 Å². The molecule has 186 valence electrons. The Morgan fingerprint density at radius 3 is 2.75 bits per heavy atom. The summed E-state index contributed by atoms with van der Waals surface area (Å²) in [5, 5.41) is 12.0. The van der Waals surface area contributed by atoms with E-state index in [1.807, 2.05) is 24.0 Å². The molecular formula is C26H31N9O. The molecule has 0 saturated carbocycles. The molecule has 2 aliphatic heterocycles. The van der Waals surface area contributed by atoms with Gasteiger partial charge in [-0.3, -0.25) is 4.68 Å². The monoisotopic (exact) mass is 485 g/mol. The zero-order chi connectivity index (χ0) is 24.6. The van der Waals surface area contributed by atoms with Gasteiger partial charge in [0, 0.05) is 56.5 Å². The van der Waals surface area contributed by atoms with E-state index < -0.39 is 0 Å². The molecule has 1 saturated heterocycles. The number of nitrogens with one attached hydrogen (secondary N) is 3. The summed E-state index contributed by atoms with van der Waals surface area (Å²) in [6, 6.07) is 6.17. The van der Waals surface area contributed by atoms with E-state index in [1.54, 1.807) is 12.4 Å². The molecular weight excluding hydrogens is 454 g/mol. The number of H-pyrrole nitrogens is 1. The molecule has 36 heavy (non-hydrogen) atoms. The summed E-state index contributed by atoms with van der Waals surface area (Å²) in [4.78, 5) is 20.0. The first-order chi connectivity index (χ1) is 17.6. The predicted molar refractivity (Wildman–Crippen MR) is 141 cm³/mol. The van der Waals surface area contributed by atoms with Crippen molar-refractivity contribution >= 4 is 33.7 Å². The number of imidazole rings is 1. The fourth-order valence-electron chi connectivity index (χ4n) is 5.03. The summed E-state index contributed by atoms with van der Waals surface area (Å²) >= 11 is 0. The Morgan fingerprint density at radius 1 is 1.17 bits per heavy atom. The van der Waals surface area contributed by atoms with Crippen LogP contribution in [0.15, 0.2) is 36.8 Å². The van der Waals surface area contributed by atoms with Gasteiger partial charge in [0.1, 0.15) is 17.3 Å². The smallest absolute Gasteiger partial charge is 0.150 e. The number of rotatable bonds is 6. The quantitative estimate of drug-likeness (QED) is 0.382. The highest BCUT2D eigenvalue weighted by Crippen LogP contribution is 2.35. The van der Waals surface area contributed by atoms with Crippen molar-refractivity contribution in [2.75, 3.05) is 43.1 Å². The zero-order valence-corrected chi connectivity index (χ0v) is 20.9. The molecule has 4 aromatic rings. The average Bonchev–Trinajstić information content (AvgIpc) is 3.49. The molecule has 3 aromatic heterocycles. The van der Waals surface area contributed by atoms with Gasteiger partial charge < -0.3 is 25.3 Å². The second-order valence-corrected chi connectivity index (χ2v) is 9.32. The highest BCUT2D eigenvalue weighted by atomic mass is 16.5. The number of benzene rings is 1. The maximum Gasteiger partial charge on any atom is 0.150 e. The van der Waals surface area contributed by atoms with Gasteiger partial charge in [-0.15, -0.1) is 0 Å². The third kappa shape index (κ3) is 4.07. The second kappa shape index (κ2) is 9.27. The molecule has 10 heteroatoms. The van der Waals surface area contributed by atoms with Crippen molar-refractivity contribution in [3.8, 4) is 0 Å². The summed E-state index contributed by atoms with van der Waals surface area (Å²) in [6.07, 6.45) is 6.40. The molecule has 1 atom stereocenters. The number of hydrogen-bond acceptors (Lipinski definition) is 8. The zero-order valence-electron chi connectivity index (χ0n) is 20.9. The molecule has 1 aromatic carbocycles. The minimum Gasteiger partial charge on any atom is -0.378 e. The number of hydrogen-bond donors (Lipinski definition) is 3. The van der Waals surface area contributed by atoms with Crippen LogP contribution in [0.25, 0.3) is 22.3 Å². The van der Waals surface area contributed by atoms with E-state index in [-0.39, 0.29) is 6.04 Å². The van der Waals surface area contributed by atoms with Gasteiger partial charge in [0.05, 0.1) is 41.7 Å². The van der Waals surface area contributed by atoms with Crippen LogP contribution in [0.1, 0.15) is 42.3 Å².